The molecule has 0 bridgehead atoms. The van der Waals surface area contributed by atoms with E-state index in [1.165, 1.54) is 0 Å². The number of allylic oxidation sites excluding steroid dienone is 1. The smallest absolute Gasteiger partial charge is 0.130 e. The van der Waals surface area contributed by atoms with Crippen molar-refractivity contribution in [2.45, 2.75) is 6.92 Å². The molecule has 3 heteroatoms. The first-order valence-corrected chi connectivity index (χ1v) is 5.68. The second kappa shape index (κ2) is 5.02. The summed E-state index contributed by atoms with van der Waals surface area (Å²) in [5, 5.41) is 3.93. The van der Waals surface area contributed by atoms with E-state index < -0.39 is 0 Å². The third kappa shape index (κ3) is 2.86. The van der Waals surface area contributed by atoms with E-state index in [1.54, 1.807) is 6.20 Å². The summed E-state index contributed by atoms with van der Waals surface area (Å²) >= 11 is 6.00. The van der Waals surface area contributed by atoms with E-state index in [0.29, 0.717) is 5.02 Å². The summed E-state index contributed by atoms with van der Waals surface area (Å²) in [7, 11) is 0. The van der Waals surface area contributed by atoms with Gasteiger partial charge in [-0.1, -0.05) is 30.3 Å². The lowest BCUT2D eigenvalue weighted by atomic mass is 10.1. The normalized spacial score (nSPS) is 10.0. The predicted molar refractivity (Wildman–Crippen MR) is 73.7 cm³/mol. The molecule has 0 spiro atoms. The Kier molecular flexibility index (Phi) is 3.45. The zero-order valence-electron chi connectivity index (χ0n) is 9.57. The molecule has 1 aromatic heterocycles. The lowest BCUT2D eigenvalue weighted by molar-refractivity contribution is 1.30. The topological polar surface area (TPSA) is 24.9 Å². The molecule has 1 N–H and O–H groups in total. The second-order valence-corrected chi connectivity index (χ2v) is 4.25. The van der Waals surface area contributed by atoms with Crippen LogP contribution in [-0.4, -0.2) is 4.98 Å². The van der Waals surface area contributed by atoms with Gasteiger partial charge in [-0.2, -0.15) is 0 Å². The number of hydrogen-bond acceptors (Lipinski definition) is 2. The monoisotopic (exact) mass is 244 g/mol. The van der Waals surface area contributed by atoms with Crippen molar-refractivity contribution < 1.29 is 0 Å². The fraction of sp³-hybridized carbons (Fsp3) is 0.0714. The molecule has 0 radical (unpaired) electrons. The van der Waals surface area contributed by atoms with Gasteiger partial charge in [0, 0.05) is 22.5 Å². The van der Waals surface area contributed by atoms with Crippen LogP contribution in [0.1, 0.15) is 12.5 Å². The molecule has 0 aliphatic carbocycles. The maximum absolute atomic E-state index is 6.00. The van der Waals surface area contributed by atoms with E-state index in [1.807, 2.05) is 43.3 Å². The first kappa shape index (κ1) is 11.7. The largest absolute Gasteiger partial charge is 0.340 e. The van der Waals surface area contributed by atoms with E-state index in [9.17, 15) is 0 Å². The number of anilines is 2. The summed E-state index contributed by atoms with van der Waals surface area (Å²) in [5.74, 6) is 0.789. The van der Waals surface area contributed by atoms with Gasteiger partial charge in [-0.05, 0) is 36.8 Å². The molecule has 0 aliphatic rings. The van der Waals surface area contributed by atoms with Gasteiger partial charge in [0.05, 0.1) is 0 Å². The molecule has 0 saturated carbocycles. The Morgan fingerprint density at radius 2 is 2.12 bits per heavy atom. The molecule has 17 heavy (non-hydrogen) atoms. The predicted octanol–water partition coefficient (Wildman–Crippen LogP) is 4.51. The van der Waals surface area contributed by atoms with Gasteiger partial charge in [0.15, 0.2) is 0 Å². The van der Waals surface area contributed by atoms with Crippen LogP contribution in [0.2, 0.25) is 5.02 Å². The van der Waals surface area contributed by atoms with Crippen molar-refractivity contribution in [3.8, 4) is 0 Å². The molecule has 0 amide bonds. The first-order valence-electron chi connectivity index (χ1n) is 5.30. The average Bonchev–Trinajstić information content (AvgIpc) is 2.30. The second-order valence-electron chi connectivity index (χ2n) is 3.81. The molecule has 0 atom stereocenters. The Hall–Kier alpha value is -1.80. The van der Waals surface area contributed by atoms with Crippen molar-refractivity contribution in [2.24, 2.45) is 0 Å². The van der Waals surface area contributed by atoms with Gasteiger partial charge in [-0.3, -0.25) is 0 Å². The lowest BCUT2D eigenvalue weighted by Gasteiger charge is -2.11. The molecule has 1 heterocycles. The van der Waals surface area contributed by atoms with Gasteiger partial charge in [0.25, 0.3) is 0 Å². The number of nitrogens with one attached hydrogen (secondary N) is 1. The fourth-order valence-electron chi connectivity index (χ4n) is 1.57. The molecule has 2 nitrogen and oxygen atoms in total. The standard InChI is InChI=1S/C14H13ClN2/c1-10(2)12-7-6-11(15)9-13(12)17-14-5-3-4-8-16-14/h3-9H,1H2,2H3,(H,16,17). The van der Waals surface area contributed by atoms with Crippen molar-refractivity contribution in [3.05, 3.63) is 59.8 Å². The maximum atomic E-state index is 6.00. The molecule has 2 aromatic rings. The number of rotatable bonds is 3. The van der Waals surface area contributed by atoms with Crippen molar-refractivity contribution >= 4 is 28.7 Å². The summed E-state index contributed by atoms with van der Waals surface area (Å²) in [4.78, 5) is 4.22. The van der Waals surface area contributed by atoms with Crippen molar-refractivity contribution in [1.82, 2.24) is 4.98 Å². The van der Waals surface area contributed by atoms with Crippen LogP contribution in [0.3, 0.4) is 0 Å². The molecule has 0 saturated heterocycles. The lowest BCUT2D eigenvalue weighted by Crippen LogP contribution is -1.96. The summed E-state index contributed by atoms with van der Waals surface area (Å²) in [6, 6.07) is 11.4. The highest BCUT2D eigenvalue weighted by atomic mass is 35.5. The molecular weight excluding hydrogens is 232 g/mol. The summed E-state index contributed by atoms with van der Waals surface area (Å²) in [6.45, 7) is 5.92. The van der Waals surface area contributed by atoms with Gasteiger partial charge >= 0.3 is 0 Å². The Balaban J connectivity index is 2.37. The number of hydrogen-bond donors (Lipinski definition) is 1. The van der Waals surface area contributed by atoms with Crippen molar-refractivity contribution in [1.29, 1.82) is 0 Å². The average molecular weight is 245 g/mol. The van der Waals surface area contributed by atoms with E-state index in [4.69, 9.17) is 11.6 Å². The zero-order valence-corrected chi connectivity index (χ0v) is 10.3. The van der Waals surface area contributed by atoms with Gasteiger partial charge in [-0.25, -0.2) is 4.98 Å². The quantitative estimate of drug-likeness (QED) is 0.859. The molecular formula is C14H13ClN2. The molecule has 86 valence electrons. The highest BCUT2D eigenvalue weighted by molar-refractivity contribution is 6.31. The highest BCUT2D eigenvalue weighted by Crippen LogP contribution is 2.28. The van der Waals surface area contributed by atoms with Gasteiger partial charge in [0.2, 0.25) is 0 Å². The molecule has 0 aliphatic heterocycles. The van der Waals surface area contributed by atoms with Crippen LogP contribution in [0, 0.1) is 0 Å². The summed E-state index contributed by atoms with van der Waals surface area (Å²) in [5.41, 5.74) is 2.95. The van der Waals surface area contributed by atoms with Gasteiger partial charge in [0.1, 0.15) is 5.82 Å². The Bertz CT molecular complexity index is 535. The van der Waals surface area contributed by atoms with Crippen LogP contribution in [0.5, 0.6) is 0 Å². The van der Waals surface area contributed by atoms with Crippen LogP contribution >= 0.6 is 11.6 Å². The number of pyridine rings is 1. The van der Waals surface area contributed by atoms with E-state index in [0.717, 1.165) is 22.6 Å². The number of benzene rings is 1. The Morgan fingerprint density at radius 3 is 2.76 bits per heavy atom. The zero-order chi connectivity index (χ0) is 12.3. The molecule has 0 unspecified atom stereocenters. The molecule has 0 fully saturated rings. The number of aromatic nitrogens is 1. The van der Waals surface area contributed by atoms with Crippen LogP contribution < -0.4 is 5.32 Å². The number of halogens is 1. The minimum Gasteiger partial charge on any atom is -0.340 e. The molecule has 1 aromatic carbocycles. The Labute approximate surface area is 106 Å². The molecule has 2 rings (SSSR count). The van der Waals surface area contributed by atoms with Crippen LogP contribution in [0.4, 0.5) is 11.5 Å². The van der Waals surface area contributed by atoms with E-state index in [-0.39, 0.29) is 0 Å². The third-order valence-electron chi connectivity index (χ3n) is 2.37. The minimum atomic E-state index is 0.688. The van der Waals surface area contributed by atoms with Crippen LogP contribution in [0.25, 0.3) is 5.57 Å². The van der Waals surface area contributed by atoms with E-state index >= 15 is 0 Å². The van der Waals surface area contributed by atoms with Crippen molar-refractivity contribution in [3.63, 3.8) is 0 Å². The summed E-state index contributed by atoms with van der Waals surface area (Å²) < 4.78 is 0. The third-order valence-corrected chi connectivity index (χ3v) is 2.60. The highest BCUT2D eigenvalue weighted by Gasteiger charge is 2.04. The van der Waals surface area contributed by atoms with Gasteiger partial charge in [-0.15, -0.1) is 0 Å². The van der Waals surface area contributed by atoms with Crippen LogP contribution in [-0.2, 0) is 0 Å². The van der Waals surface area contributed by atoms with Crippen molar-refractivity contribution in [2.75, 3.05) is 5.32 Å². The maximum Gasteiger partial charge on any atom is 0.130 e. The van der Waals surface area contributed by atoms with Gasteiger partial charge < -0.3 is 5.32 Å². The SMILES string of the molecule is C=C(C)c1ccc(Cl)cc1Nc1ccccn1. The number of nitrogens with zero attached hydrogens (tertiary/aromatic N) is 1. The first-order chi connectivity index (χ1) is 8.16. The minimum absolute atomic E-state index is 0.688. The van der Waals surface area contributed by atoms with Crippen LogP contribution in [0.15, 0.2) is 49.2 Å². The fourth-order valence-corrected chi connectivity index (χ4v) is 1.74. The Morgan fingerprint density at radius 1 is 1.29 bits per heavy atom. The summed E-state index contributed by atoms with van der Waals surface area (Å²) in [6.07, 6.45) is 1.74. The van der Waals surface area contributed by atoms with E-state index in [2.05, 4.69) is 16.9 Å².